The van der Waals surface area contributed by atoms with E-state index < -0.39 is 11.0 Å². The molecule has 2 aromatic heterocycles. The number of benzene rings is 1. The van der Waals surface area contributed by atoms with Crippen molar-refractivity contribution in [3.05, 3.63) is 47.4 Å². The van der Waals surface area contributed by atoms with Crippen LogP contribution in [0.15, 0.2) is 36.7 Å². The molecule has 0 amide bonds. The van der Waals surface area contributed by atoms with E-state index in [-0.39, 0.29) is 0 Å². The van der Waals surface area contributed by atoms with Crippen LogP contribution >= 0.6 is 11.6 Å². The van der Waals surface area contributed by atoms with Crippen molar-refractivity contribution in [2.24, 2.45) is 0 Å². The van der Waals surface area contributed by atoms with Gasteiger partial charge in [-0.05, 0) is 43.5 Å². The molecule has 1 fully saturated rings. The van der Waals surface area contributed by atoms with E-state index >= 15 is 0 Å². The molecule has 7 heteroatoms. The lowest BCUT2D eigenvalue weighted by Crippen LogP contribution is -2.49. The van der Waals surface area contributed by atoms with Crippen molar-refractivity contribution in [2.75, 3.05) is 11.9 Å². The van der Waals surface area contributed by atoms with Crippen molar-refractivity contribution in [3.63, 3.8) is 0 Å². The highest BCUT2D eigenvalue weighted by molar-refractivity contribution is 6.31. The maximum atomic E-state index is 11.2. The Morgan fingerprint density at radius 3 is 2.80 bits per heavy atom. The Kier molecular flexibility index (Phi) is 5.98. The number of hydrogen-bond acceptors (Lipinski definition) is 5. The van der Waals surface area contributed by atoms with Gasteiger partial charge in [-0.15, -0.1) is 5.10 Å². The molecule has 6 nitrogen and oxygen atoms in total. The monoisotopic (exact) mass is 427 g/mol. The van der Waals surface area contributed by atoms with E-state index in [9.17, 15) is 5.11 Å². The standard InChI is InChI=1S/C23H30ClN5O/c1-22(2,23(30)10-4-3-5-11-23)21-16-29(28-27-21)14-6-12-25-19-9-13-26-20-15-17(24)7-8-18(19)20/h7-9,13,15-16,30H,3-6,10-12,14H2,1-2H3,(H,25,26). The molecule has 1 saturated carbocycles. The zero-order valence-corrected chi connectivity index (χ0v) is 18.5. The Morgan fingerprint density at radius 1 is 1.20 bits per heavy atom. The molecule has 4 rings (SSSR count). The number of rotatable bonds is 7. The van der Waals surface area contributed by atoms with Crippen molar-refractivity contribution in [1.29, 1.82) is 0 Å². The molecule has 1 aliphatic carbocycles. The van der Waals surface area contributed by atoms with Crippen molar-refractivity contribution in [3.8, 4) is 0 Å². The smallest absolute Gasteiger partial charge is 0.0911 e. The topological polar surface area (TPSA) is 75.9 Å². The van der Waals surface area contributed by atoms with Gasteiger partial charge in [0.2, 0.25) is 0 Å². The van der Waals surface area contributed by atoms with Crippen molar-refractivity contribution < 1.29 is 5.11 Å². The highest BCUT2D eigenvalue weighted by atomic mass is 35.5. The number of anilines is 1. The number of hydrogen-bond donors (Lipinski definition) is 2. The highest BCUT2D eigenvalue weighted by Gasteiger charge is 2.46. The van der Waals surface area contributed by atoms with E-state index in [4.69, 9.17) is 11.6 Å². The second kappa shape index (κ2) is 8.52. The molecule has 2 N–H and O–H groups in total. The fourth-order valence-corrected chi connectivity index (χ4v) is 4.60. The van der Waals surface area contributed by atoms with E-state index in [2.05, 4.69) is 34.5 Å². The number of aliphatic hydroxyl groups is 1. The molecule has 0 saturated heterocycles. The Labute approximate surface area is 182 Å². The van der Waals surface area contributed by atoms with E-state index in [1.807, 2.05) is 35.1 Å². The number of aryl methyl sites for hydroxylation is 1. The summed E-state index contributed by atoms with van der Waals surface area (Å²) >= 11 is 6.07. The Balaban J connectivity index is 1.35. The van der Waals surface area contributed by atoms with Crippen LogP contribution in [0, 0.1) is 0 Å². The molecule has 1 aromatic carbocycles. The van der Waals surface area contributed by atoms with Gasteiger partial charge in [-0.2, -0.15) is 0 Å². The van der Waals surface area contributed by atoms with Crippen LogP contribution in [0.4, 0.5) is 5.69 Å². The Hall–Kier alpha value is -2.18. The van der Waals surface area contributed by atoms with Crippen molar-refractivity contribution in [1.82, 2.24) is 20.0 Å². The first-order valence-electron chi connectivity index (χ1n) is 10.8. The molecule has 0 unspecified atom stereocenters. The van der Waals surface area contributed by atoms with Gasteiger partial charge in [0.05, 0.1) is 16.8 Å². The van der Waals surface area contributed by atoms with Gasteiger partial charge in [0.15, 0.2) is 0 Å². The van der Waals surface area contributed by atoms with Gasteiger partial charge in [-0.1, -0.05) is 49.9 Å². The fraction of sp³-hybridized carbons (Fsp3) is 0.522. The van der Waals surface area contributed by atoms with Gasteiger partial charge in [-0.3, -0.25) is 9.67 Å². The molecule has 3 aromatic rings. The molecule has 160 valence electrons. The molecule has 0 bridgehead atoms. The van der Waals surface area contributed by atoms with E-state index in [0.717, 1.165) is 67.5 Å². The molecule has 30 heavy (non-hydrogen) atoms. The lowest BCUT2D eigenvalue weighted by atomic mass is 9.66. The third kappa shape index (κ3) is 4.16. The number of nitrogens with one attached hydrogen (secondary N) is 1. The molecule has 0 atom stereocenters. The summed E-state index contributed by atoms with van der Waals surface area (Å²) in [5.41, 5.74) is 1.71. The zero-order valence-electron chi connectivity index (χ0n) is 17.7. The van der Waals surface area contributed by atoms with Crippen LogP contribution in [-0.2, 0) is 12.0 Å². The minimum Gasteiger partial charge on any atom is -0.389 e. The minimum atomic E-state index is -0.695. The van der Waals surface area contributed by atoms with Crippen LogP contribution < -0.4 is 5.32 Å². The number of fused-ring (bicyclic) bond motifs is 1. The number of nitrogens with zero attached hydrogens (tertiary/aromatic N) is 4. The second-order valence-electron chi connectivity index (χ2n) is 8.88. The van der Waals surface area contributed by atoms with Crippen LogP contribution in [0.25, 0.3) is 10.9 Å². The summed E-state index contributed by atoms with van der Waals surface area (Å²) < 4.78 is 1.88. The maximum Gasteiger partial charge on any atom is 0.0911 e. The summed E-state index contributed by atoms with van der Waals surface area (Å²) in [7, 11) is 0. The first-order chi connectivity index (χ1) is 14.4. The summed E-state index contributed by atoms with van der Waals surface area (Å²) in [6.45, 7) is 5.76. The molecule has 1 aliphatic rings. The molecule has 0 radical (unpaired) electrons. The normalized spacial score (nSPS) is 16.7. The van der Waals surface area contributed by atoms with Crippen LogP contribution in [0.1, 0.15) is 58.1 Å². The van der Waals surface area contributed by atoms with Crippen molar-refractivity contribution in [2.45, 2.75) is 69.9 Å². The third-order valence-electron chi connectivity index (χ3n) is 6.61. The molecule has 0 aliphatic heterocycles. The van der Waals surface area contributed by atoms with Crippen molar-refractivity contribution >= 4 is 28.2 Å². The number of pyridine rings is 1. The fourth-order valence-electron chi connectivity index (χ4n) is 4.43. The van der Waals surface area contributed by atoms with Gasteiger partial charge < -0.3 is 10.4 Å². The summed E-state index contributed by atoms with van der Waals surface area (Å²) in [6, 6.07) is 7.74. The summed E-state index contributed by atoms with van der Waals surface area (Å²) in [6.07, 6.45) is 9.73. The summed E-state index contributed by atoms with van der Waals surface area (Å²) in [4.78, 5) is 4.38. The zero-order chi connectivity index (χ0) is 21.2. The predicted octanol–water partition coefficient (Wildman–Crippen LogP) is 4.95. The van der Waals surface area contributed by atoms with E-state index in [1.165, 1.54) is 6.42 Å². The lowest BCUT2D eigenvalue weighted by molar-refractivity contribution is -0.0573. The lowest BCUT2D eigenvalue weighted by Gasteiger charge is -2.44. The van der Waals surface area contributed by atoms with Gasteiger partial charge in [0, 0.05) is 47.0 Å². The molecule has 2 heterocycles. The Bertz CT molecular complexity index is 1010. The SMILES string of the molecule is CC(C)(c1cn(CCCNc2ccnc3cc(Cl)ccc23)nn1)C1(O)CCCCC1. The molecular weight excluding hydrogens is 398 g/mol. The van der Waals surface area contributed by atoms with Crippen LogP contribution in [0.2, 0.25) is 5.02 Å². The third-order valence-corrected chi connectivity index (χ3v) is 6.84. The Morgan fingerprint density at radius 2 is 2.00 bits per heavy atom. The molecular formula is C23H30ClN5O. The quantitative estimate of drug-likeness (QED) is 0.521. The van der Waals surface area contributed by atoms with Crippen LogP contribution in [0.3, 0.4) is 0 Å². The van der Waals surface area contributed by atoms with Gasteiger partial charge in [0.25, 0.3) is 0 Å². The minimum absolute atomic E-state index is 0.402. The first kappa shape index (κ1) is 21.1. The van der Waals surface area contributed by atoms with Gasteiger partial charge in [0.1, 0.15) is 0 Å². The summed E-state index contributed by atoms with van der Waals surface area (Å²) in [5.74, 6) is 0. The summed E-state index contributed by atoms with van der Waals surface area (Å²) in [5, 5.41) is 25.2. The van der Waals surface area contributed by atoms with E-state index in [0.29, 0.717) is 5.02 Å². The highest BCUT2D eigenvalue weighted by Crippen LogP contribution is 2.43. The van der Waals surface area contributed by atoms with E-state index in [1.54, 1.807) is 6.20 Å². The predicted molar refractivity (Wildman–Crippen MR) is 121 cm³/mol. The van der Waals surface area contributed by atoms with Gasteiger partial charge in [-0.25, -0.2) is 0 Å². The first-order valence-corrected chi connectivity index (χ1v) is 11.2. The number of halogens is 1. The second-order valence-corrected chi connectivity index (χ2v) is 9.32. The maximum absolute atomic E-state index is 11.2. The van der Waals surface area contributed by atoms with Crippen LogP contribution in [0.5, 0.6) is 0 Å². The average Bonchev–Trinajstić information content (AvgIpc) is 3.21. The van der Waals surface area contributed by atoms with Crippen LogP contribution in [-0.4, -0.2) is 37.2 Å². The largest absolute Gasteiger partial charge is 0.389 e. The van der Waals surface area contributed by atoms with Gasteiger partial charge >= 0.3 is 0 Å². The molecule has 0 spiro atoms. The number of aromatic nitrogens is 4. The average molecular weight is 428 g/mol.